The van der Waals surface area contributed by atoms with E-state index in [2.05, 4.69) is 10.3 Å². The van der Waals surface area contributed by atoms with Crippen molar-refractivity contribution in [3.8, 4) is 0 Å². The quantitative estimate of drug-likeness (QED) is 0.524. The van der Waals surface area contributed by atoms with E-state index >= 15 is 4.39 Å². The Morgan fingerprint density at radius 2 is 2.10 bits per heavy atom. The van der Waals surface area contributed by atoms with Crippen molar-refractivity contribution in [2.24, 2.45) is 11.7 Å². The van der Waals surface area contributed by atoms with E-state index in [-0.39, 0.29) is 23.0 Å². The summed E-state index contributed by atoms with van der Waals surface area (Å²) in [6, 6.07) is 5.60. The van der Waals surface area contributed by atoms with Gasteiger partial charge in [-0.1, -0.05) is 29.3 Å². The van der Waals surface area contributed by atoms with Crippen molar-refractivity contribution in [3.05, 3.63) is 57.6 Å². The molecule has 1 spiro atoms. The number of fused-ring (bicyclic) bond motifs is 2. The van der Waals surface area contributed by atoms with Crippen molar-refractivity contribution < 1.29 is 14.0 Å². The van der Waals surface area contributed by atoms with Crippen LogP contribution < -0.4 is 11.1 Å². The fraction of sp³-hybridized carbons (Fsp3) is 0.409. The van der Waals surface area contributed by atoms with Gasteiger partial charge in [-0.3, -0.25) is 9.69 Å². The Morgan fingerprint density at radius 1 is 1.32 bits per heavy atom. The molecule has 0 bridgehead atoms. The minimum atomic E-state index is -1.28. The summed E-state index contributed by atoms with van der Waals surface area (Å²) in [5.41, 5.74) is 6.92. The number of amides is 1. The number of nitrogens with two attached hydrogens (primary N) is 1. The molecular weight excluding hydrogens is 442 g/mol. The number of aldehydes is 1. The van der Waals surface area contributed by atoms with Crippen LogP contribution in [0.25, 0.3) is 0 Å². The maximum absolute atomic E-state index is 15.3. The molecule has 162 valence electrons. The molecule has 1 aromatic heterocycles. The van der Waals surface area contributed by atoms with Crippen LogP contribution in [0.3, 0.4) is 0 Å². The van der Waals surface area contributed by atoms with Crippen LogP contribution in [0.5, 0.6) is 0 Å². The first-order valence-corrected chi connectivity index (χ1v) is 11.0. The van der Waals surface area contributed by atoms with E-state index in [4.69, 9.17) is 28.9 Å². The lowest BCUT2D eigenvalue weighted by molar-refractivity contribution is -0.128. The van der Waals surface area contributed by atoms with Gasteiger partial charge in [-0.25, -0.2) is 9.37 Å². The second-order valence-corrected chi connectivity index (χ2v) is 9.33. The second-order valence-electron chi connectivity index (χ2n) is 8.54. The van der Waals surface area contributed by atoms with Gasteiger partial charge in [0.1, 0.15) is 11.8 Å². The Bertz CT molecular complexity index is 1080. The van der Waals surface area contributed by atoms with E-state index in [0.717, 1.165) is 19.1 Å². The van der Waals surface area contributed by atoms with Crippen LogP contribution >= 0.6 is 23.2 Å². The number of aromatic nitrogens is 1. The predicted molar refractivity (Wildman–Crippen MR) is 116 cm³/mol. The molecule has 1 saturated heterocycles. The normalized spacial score (nSPS) is 29.9. The average Bonchev–Trinajstić information content (AvgIpc) is 3.46. The third kappa shape index (κ3) is 3.02. The van der Waals surface area contributed by atoms with Gasteiger partial charge >= 0.3 is 0 Å². The lowest BCUT2D eigenvalue weighted by Gasteiger charge is -2.39. The number of halogens is 3. The van der Waals surface area contributed by atoms with Crippen LogP contribution in [0.2, 0.25) is 10.2 Å². The smallest absolute Gasteiger partial charge is 0.250 e. The Kier molecular flexibility index (Phi) is 5.05. The molecule has 1 amide bonds. The number of pyridine rings is 1. The van der Waals surface area contributed by atoms with Gasteiger partial charge in [0.05, 0.1) is 0 Å². The molecule has 4 atom stereocenters. The number of hydrogen-bond donors (Lipinski definition) is 2. The number of hydrogen-bond acceptors (Lipinski definition) is 5. The van der Waals surface area contributed by atoms with Gasteiger partial charge in [0.15, 0.2) is 11.0 Å². The summed E-state index contributed by atoms with van der Waals surface area (Å²) in [5, 5.41) is 3.13. The molecule has 2 fully saturated rings. The van der Waals surface area contributed by atoms with Gasteiger partial charge in [-0.15, -0.1) is 0 Å². The van der Waals surface area contributed by atoms with Crippen LogP contribution in [0.15, 0.2) is 30.5 Å². The molecular formula is C22H21Cl2FN4O2. The first-order chi connectivity index (χ1) is 14.9. The summed E-state index contributed by atoms with van der Waals surface area (Å²) >= 11 is 12.2. The SMILES string of the molecule is N[C@@H]1[C@H](CC=O)N(CC2CC2)[C@@]2(C(=O)Nc3cc(Cl)ccc32)[C@H]1c1ccnc(Cl)c1F. The maximum Gasteiger partial charge on any atom is 0.250 e. The zero-order valence-corrected chi connectivity index (χ0v) is 18.0. The Balaban J connectivity index is 1.79. The van der Waals surface area contributed by atoms with Gasteiger partial charge in [0.2, 0.25) is 5.91 Å². The number of carbonyl (C=O) groups is 2. The molecule has 9 heteroatoms. The Morgan fingerprint density at radius 3 is 2.81 bits per heavy atom. The molecule has 0 unspecified atom stereocenters. The highest BCUT2D eigenvalue weighted by Gasteiger charge is 2.66. The fourth-order valence-electron chi connectivity index (χ4n) is 5.38. The fourth-order valence-corrected chi connectivity index (χ4v) is 5.72. The van der Waals surface area contributed by atoms with Crippen molar-refractivity contribution in [1.29, 1.82) is 0 Å². The summed E-state index contributed by atoms with van der Waals surface area (Å²) in [4.78, 5) is 31.2. The molecule has 1 aromatic carbocycles. The van der Waals surface area contributed by atoms with E-state index in [0.29, 0.717) is 28.7 Å². The van der Waals surface area contributed by atoms with Gasteiger partial charge in [-0.05, 0) is 42.5 Å². The predicted octanol–water partition coefficient (Wildman–Crippen LogP) is 3.47. The lowest BCUT2D eigenvalue weighted by Crippen LogP contribution is -2.52. The van der Waals surface area contributed by atoms with Crippen LogP contribution in [0.4, 0.5) is 10.1 Å². The van der Waals surface area contributed by atoms with Crippen LogP contribution in [-0.2, 0) is 15.1 Å². The van der Waals surface area contributed by atoms with Gasteiger partial charge in [0.25, 0.3) is 0 Å². The van der Waals surface area contributed by atoms with Crippen molar-refractivity contribution in [2.75, 3.05) is 11.9 Å². The third-order valence-electron chi connectivity index (χ3n) is 6.82. The van der Waals surface area contributed by atoms with E-state index in [1.165, 1.54) is 12.3 Å². The van der Waals surface area contributed by atoms with E-state index in [9.17, 15) is 9.59 Å². The van der Waals surface area contributed by atoms with E-state index in [1.807, 2.05) is 4.90 Å². The molecule has 5 rings (SSSR count). The first kappa shape index (κ1) is 20.8. The number of nitrogens with one attached hydrogen (secondary N) is 1. The standard InChI is InChI=1S/C22H21Cl2FN4O2/c23-12-3-4-14-15(9-12)28-21(31)22(14)17(13-5-7-27-20(24)18(13)25)19(26)16(6-8-30)29(22)10-11-1-2-11/h3-5,7-9,11,16-17,19H,1-2,6,10,26H2,(H,28,31)/t16-,17-,19+,22+/m0/s1. The van der Waals surface area contributed by atoms with Gasteiger partial charge in [0, 0.05) is 53.4 Å². The number of benzene rings is 1. The number of nitrogens with zero attached hydrogens (tertiary/aromatic N) is 2. The number of rotatable bonds is 5. The topological polar surface area (TPSA) is 88.3 Å². The summed E-state index contributed by atoms with van der Waals surface area (Å²) in [6.07, 6.45) is 4.46. The molecule has 1 saturated carbocycles. The molecule has 2 aliphatic heterocycles. The minimum Gasteiger partial charge on any atom is -0.326 e. The van der Waals surface area contributed by atoms with E-state index in [1.54, 1.807) is 18.2 Å². The first-order valence-electron chi connectivity index (χ1n) is 10.3. The van der Waals surface area contributed by atoms with Crippen molar-refractivity contribution in [3.63, 3.8) is 0 Å². The molecule has 2 aromatic rings. The monoisotopic (exact) mass is 462 g/mol. The second kappa shape index (κ2) is 7.52. The summed E-state index contributed by atoms with van der Waals surface area (Å²) in [5.74, 6) is -1.35. The van der Waals surface area contributed by atoms with Crippen molar-refractivity contribution in [2.45, 2.75) is 42.8 Å². The summed E-state index contributed by atoms with van der Waals surface area (Å²) in [7, 11) is 0. The molecule has 31 heavy (non-hydrogen) atoms. The summed E-state index contributed by atoms with van der Waals surface area (Å²) in [6.45, 7) is 0.596. The highest BCUT2D eigenvalue weighted by atomic mass is 35.5. The number of carbonyl (C=O) groups excluding carboxylic acids is 2. The third-order valence-corrected chi connectivity index (χ3v) is 7.32. The van der Waals surface area contributed by atoms with Crippen molar-refractivity contribution in [1.82, 2.24) is 9.88 Å². The summed E-state index contributed by atoms with van der Waals surface area (Å²) < 4.78 is 15.3. The molecule has 0 radical (unpaired) electrons. The maximum atomic E-state index is 15.3. The van der Waals surface area contributed by atoms with E-state index < -0.39 is 29.4 Å². The van der Waals surface area contributed by atoms with Crippen LogP contribution in [0.1, 0.15) is 36.3 Å². The zero-order valence-electron chi connectivity index (χ0n) is 16.5. The average molecular weight is 463 g/mol. The largest absolute Gasteiger partial charge is 0.326 e. The molecule has 3 aliphatic rings. The lowest BCUT2D eigenvalue weighted by atomic mass is 9.74. The van der Waals surface area contributed by atoms with Gasteiger partial charge in [-0.2, -0.15) is 0 Å². The number of likely N-dealkylation sites (tertiary alicyclic amines) is 1. The van der Waals surface area contributed by atoms with Crippen molar-refractivity contribution >= 4 is 41.1 Å². The minimum absolute atomic E-state index is 0.142. The molecule has 1 aliphatic carbocycles. The highest BCUT2D eigenvalue weighted by molar-refractivity contribution is 6.31. The molecule has 6 nitrogen and oxygen atoms in total. The highest BCUT2D eigenvalue weighted by Crippen LogP contribution is 2.58. The Labute approximate surface area is 188 Å². The number of anilines is 1. The zero-order chi connectivity index (χ0) is 21.9. The van der Waals surface area contributed by atoms with Gasteiger partial charge < -0.3 is 15.8 Å². The molecule has 3 N–H and O–H groups in total. The Hall–Kier alpha value is -2.06. The van der Waals surface area contributed by atoms with Crippen LogP contribution in [-0.4, -0.2) is 40.7 Å². The van der Waals surface area contributed by atoms with Crippen LogP contribution in [0, 0.1) is 11.7 Å². The molecule has 3 heterocycles.